The van der Waals surface area contributed by atoms with Crippen LogP contribution in [0.1, 0.15) is 30.4 Å². The van der Waals surface area contributed by atoms with E-state index in [0.717, 1.165) is 18.2 Å². The maximum atomic E-state index is 12.9. The smallest absolute Gasteiger partial charge is 0.416 e. The molecule has 0 bridgehead atoms. The second-order valence-electron chi connectivity index (χ2n) is 6.07. The molecule has 152 valence electrons. The first-order chi connectivity index (χ1) is 13.0. The molecule has 0 aromatic heterocycles. The molecule has 0 spiro atoms. The second-order valence-corrected chi connectivity index (χ2v) is 7.78. The Hall–Kier alpha value is -2.59. The molecule has 0 heterocycles. The Kier molecular flexibility index (Phi) is 6.35. The molecule has 2 unspecified atom stereocenters. The van der Waals surface area contributed by atoms with Crippen LogP contribution in [-0.4, -0.2) is 30.6 Å². The van der Waals surface area contributed by atoms with Crippen molar-refractivity contribution < 1.29 is 36.6 Å². The van der Waals surface area contributed by atoms with Crippen molar-refractivity contribution in [2.45, 2.75) is 36.4 Å². The molecule has 2 rings (SSSR count). The van der Waals surface area contributed by atoms with Crippen molar-refractivity contribution in [2.75, 3.05) is 0 Å². The third-order valence-electron chi connectivity index (χ3n) is 4.18. The van der Waals surface area contributed by atoms with Crippen molar-refractivity contribution in [3.63, 3.8) is 0 Å². The van der Waals surface area contributed by atoms with Crippen LogP contribution in [0.25, 0.3) is 0 Å². The Labute approximate surface area is 159 Å². The van der Waals surface area contributed by atoms with E-state index in [0.29, 0.717) is 11.6 Å². The predicted molar refractivity (Wildman–Crippen MR) is 94.3 cm³/mol. The maximum Gasteiger partial charge on any atom is 0.416 e. The highest BCUT2D eigenvalue weighted by molar-refractivity contribution is 7.89. The molecule has 0 radical (unpaired) electrons. The number of carboxylic acid groups (broad SMARTS) is 1. The second kappa shape index (κ2) is 8.19. The summed E-state index contributed by atoms with van der Waals surface area (Å²) < 4.78 is 65.7. The first-order valence-electron chi connectivity index (χ1n) is 8.17. The molecule has 28 heavy (non-hydrogen) atoms. The summed E-state index contributed by atoms with van der Waals surface area (Å²) in [5, 5.41) is 18.9. The van der Waals surface area contributed by atoms with Gasteiger partial charge in [0, 0.05) is 5.92 Å². The van der Waals surface area contributed by atoms with E-state index in [1.807, 2.05) is 4.72 Å². The third kappa shape index (κ3) is 5.02. The van der Waals surface area contributed by atoms with Gasteiger partial charge in [0.05, 0.1) is 10.5 Å². The highest BCUT2D eigenvalue weighted by Gasteiger charge is 2.35. The molecule has 2 aromatic carbocycles. The summed E-state index contributed by atoms with van der Waals surface area (Å²) in [6, 6.07) is 7.02. The van der Waals surface area contributed by atoms with Crippen LogP contribution in [-0.2, 0) is 21.0 Å². The van der Waals surface area contributed by atoms with Crippen LogP contribution >= 0.6 is 0 Å². The van der Waals surface area contributed by atoms with Crippen molar-refractivity contribution in [1.29, 1.82) is 0 Å². The molecule has 0 aliphatic rings. The number of aromatic hydroxyl groups is 1. The Morgan fingerprint density at radius 3 is 2.25 bits per heavy atom. The lowest BCUT2D eigenvalue weighted by Gasteiger charge is -2.24. The summed E-state index contributed by atoms with van der Waals surface area (Å²) >= 11 is 0. The van der Waals surface area contributed by atoms with Crippen molar-refractivity contribution in [3.05, 3.63) is 59.7 Å². The number of carbonyl (C=O) groups is 1. The van der Waals surface area contributed by atoms with Crippen molar-refractivity contribution in [3.8, 4) is 5.75 Å². The molecular formula is C18H18F3NO5S. The SMILES string of the molecule is CCC(c1ccc(O)cc1)C(NS(=O)(=O)c1cccc(C(F)(F)F)c1)C(=O)O. The molecular weight excluding hydrogens is 399 g/mol. The van der Waals surface area contributed by atoms with Gasteiger partial charge in [0.2, 0.25) is 10.0 Å². The van der Waals surface area contributed by atoms with Gasteiger partial charge in [-0.15, -0.1) is 0 Å². The zero-order valence-corrected chi connectivity index (χ0v) is 15.5. The fourth-order valence-corrected chi connectivity index (χ4v) is 4.04. The van der Waals surface area contributed by atoms with Crippen LogP contribution in [0, 0.1) is 0 Å². The Balaban J connectivity index is 2.40. The van der Waals surface area contributed by atoms with Crippen molar-refractivity contribution in [1.82, 2.24) is 4.72 Å². The number of aliphatic carboxylic acids is 1. The number of phenols is 1. The van der Waals surface area contributed by atoms with Gasteiger partial charge < -0.3 is 10.2 Å². The predicted octanol–water partition coefficient (Wildman–Crippen LogP) is 3.34. The molecule has 0 fully saturated rings. The minimum atomic E-state index is -4.74. The summed E-state index contributed by atoms with van der Waals surface area (Å²) in [4.78, 5) is 11.0. The Bertz CT molecular complexity index is 942. The van der Waals surface area contributed by atoms with Crippen molar-refractivity contribution in [2.24, 2.45) is 0 Å². The van der Waals surface area contributed by atoms with Gasteiger partial charge in [-0.05, 0) is 42.3 Å². The third-order valence-corrected chi connectivity index (χ3v) is 5.62. The zero-order chi connectivity index (χ0) is 21.1. The number of phenolic OH excluding ortho intramolecular Hbond substituents is 1. The number of alkyl halides is 3. The summed E-state index contributed by atoms with van der Waals surface area (Å²) in [5.74, 6) is -2.33. The average Bonchev–Trinajstić information content (AvgIpc) is 2.62. The molecule has 10 heteroatoms. The van der Waals surface area contributed by atoms with E-state index in [1.165, 1.54) is 24.3 Å². The zero-order valence-electron chi connectivity index (χ0n) is 14.6. The van der Waals surface area contributed by atoms with E-state index >= 15 is 0 Å². The summed E-state index contributed by atoms with van der Waals surface area (Å²) in [7, 11) is -4.54. The van der Waals surface area contributed by atoms with E-state index in [2.05, 4.69) is 0 Å². The number of hydrogen-bond donors (Lipinski definition) is 3. The molecule has 6 nitrogen and oxygen atoms in total. The molecule has 0 aliphatic carbocycles. The highest BCUT2D eigenvalue weighted by Crippen LogP contribution is 2.31. The number of sulfonamides is 1. The van der Waals surface area contributed by atoms with Gasteiger partial charge in [-0.25, -0.2) is 8.42 Å². The van der Waals surface area contributed by atoms with Crippen LogP contribution in [0.3, 0.4) is 0 Å². The largest absolute Gasteiger partial charge is 0.508 e. The molecule has 2 aromatic rings. The fraction of sp³-hybridized carbons (Fsp3) is 0.278. The van der Waals surface area contributed by atoms with Gasteiger partial charge >= 0.3 is 12.1 Å². The standard InChI is InChI=1S/C18H18F3NO5S/c1-2-15(11-6-8-13(23)9-7-11)16(17(24)25)22-28(26,27)14-5-3-4-12(10-14)18(19,20)21/h3-10,15-16,22-23H,2H2,1H3,(H,24,25). The van der Waals surface area contributed by atoms with E-state index in [4.69, 9.17) is 0 Å². The van der Waals surface area contributed by atoms with E-state index < -0.39 is 44.6 Å². The minimum Gasteiger partial charge on any atom is -0.508 e. The Morgan fingerprint density at radius 2 is 1.75 bits per heavy atom. The number of hydrogen-bond acceptors (Lipinski definition) is 4. The van der Waals surface area contributed by atoms with Crippen molar-refractivity contribution >= 4 is 16.0 Å². The number of benzene rings is 2. The molecule has 0 saturated carbocycles. The molecule has 0 saturated heterocycles. The van der Waals surface area contributed by atoms with Gasteiger partial charge in [-0.1, -0.05) is 25.1 Å². The van der Waals surface area contributed by atoms with Gasteiger partial charge in [-0.2, -0.15) is 17.9 Å². The van der Waals surface area contributed by atoms with Crippen LogP contribution in [0.15, 0.2) is 53.4 Å². The monoisotopic (exact) mass is 417 g/mol. The number of carboxylic acids is 1. The summed E-state index contributed by atoms with van der Waals surface area (Å²) in [5.41, 5.74) is -0.702. The van der Waals surface area contributed by atoms with Gasteiger partial charge in [0.25, 0.3) is 0 Å². The van der Waals surface area contributed by atoms with E-state index in [9.17, 15) is 36.6 Å². The quantitative estimate of drug-likeness (QED) is 0.641. The summed E-state index contributed by atoms with van der Waals surface area (Å²) in [6.07, 6.45) is -4.51. The number of nitrogens with one attached hydrogen (secondary N) is 1. The molecule has 0 amide bonds. The summed E-state index contributed by atoms with van der Waals surface area (Å²) in [6.45, 7) is 1.64. The molecule has 0 aliphatic heterocycles. The fourth-order valence-electron chi connectivity index (χ4n) is 2.76. The lowest BCUT2D eigenvalue weighted by molar-refractivity contribution is -0.140. The topological polar surface area (TPSA) is 104 Å². The van der Waals surface area contributed by atoms with Crippen LogP contribution in [0.5, 0.6) is 5.75 Å². The highest BCUT2D eigenvalue weighted by atomic mass is 32.2. The molecule has 2 atom stereocenters. The first kappa shape index (κ1) is 21.7. The molecule has 3 N–H and O–H groups in total. The van der Waals surface area contributed by atoms with Crippen LogP contribution in [0.4, 0.5) is 13.2 Å². The van der Waals surface area contributed by atoms with Gasteiger partial charge in [0.15, 0.2) is 0 Å². The number of halogens is 3. The van der Waals surface area contributed by atoms with Crippen LogP contribution < -0.4 is 4.72 Å². The van der Waals surface area contributed by atoms with Crippen LogP contribution in [0.2, 0.25) is 0 Å². The van der Waals surface area contributed by atoms with Gasteiger partial charge in [0.1, 0.15) is 11.8 Å². The average molecular weight is 417 g/mol. The lowest BCUT2D eigenvalue weighted by atomic mass is 9.89. The maximum absolute atomic E-state index is 12.9. The normalized spacial score (nSPS) is 14.4. The van der Waals surface area contributed by atoms with Gasteiger partial charge in [-0.3, -0.25) is 4.79 Å². The van der Waals surface area contributed by atoms with E-state index in [-0.39, 0.29) is 12.2 Å². The van der Waals surface area contributed by atoms with E-state index in [1.54, 1.807) is 6.92 Å². The Morgan fingerprint density at radius 1 is 1.14 bits per heavy atom. The number of rotatable bonds is 7. The first-order valence-corrected chi connectivity index (χ1v) is 9.65. The lowest BCUT2D eigenvalue weighted by Crippen LogP contribution is -2.44. The minimum absolute atomic E-state index is 0.0463.